The number of carbonyl (C=O) groups is 3. The molecule has 0 aromatic carbocycles. The molecule has 1 amide bonds. The van der Waals surface area contributed by atoms with Crippen LogP contribution in [0.3, 0.4) is 0 Å². The van der Waals surface area contributed by atoms with Gasteiger partial charge in [-0.05, 0) is 26.8 Å². The van der Waals surface area contributed by atoms with Crippen molar-refractivity contribution in [3.05, 3.63) is 23.5 Å². The molecule has 1 fully saturated rings. The van der Waals surface area contributed by atoms with Gasteiger partial charge in [0.05, 0.1) is 5.59 Å². The number of ketones is 2. The SMILES string of the molecule is CC(=O)c1cc(B(O)O)nn1C.CC(=O)c1cc(N2CCN(C(=O)OC(C)(C)C)CC2)nn1C. The largest absolute Gasteiger partial charge is 0.510 e. The third-order valence-corrected chi connectivity index (χ3v) is 5.01. The van der Waals surface area contributed by atoms with E-state index >= 15 is 0 Å². The summed E-state index contributed by atoms with van der Waals surface area (Å²) in [6.45, 7) is 11.0. The quantitative estimate of drug-likeness (QED) is 0.460. The van der Waals surface area contributed by atoms with Gasteiger partial charge in [0.15, 0.2) is 17.4 Å². The third kappa shape index (κ3) is 7.16. The number of ether oxygens (including phenoxy) is 1. The third-order valence-electron chi connectivity index (χ3n) is 5.01. The summed E-state index contributed by atoms with van der Waals surface area (Å²) in [5.74, 6) is 0.613. The van der Waals surface area contributed by atoms with E-state index in [1.807, 2.05) is 20.8 Å². The molecule has 1 aliphatic heterocycles. The predicted molar refractivity (Wildman–Crippen MR) is 126 cm³/mol. The summed E-state index contributed by atoms with van der Waals surface area (Å²) < 4.78 is 8.29. The number of amides is 1. The van der Waals surface area contributed by atoms with Crippen molar-refractivity contribution < 1.29 is 29.2 Å². The monoisotopic (exact) mass is 476 g/mol. The molecular weight excluding hydrogens is 443 g/mol. The van der Waals surface area contributed by atoms with Crippen LogP contribution in [0.2, 0.25) is 0 Å². The minimum Gasteiger partial charge on any atom is -0.444 e. The number of carbonyl (C=O) groups excluding carboxylic acids is 3. The first kappa shape index (κ1) is 27.1. The molecule has 186 valence electrons. The lowest BCUT2D eigenvalue weighted by molar-refractivity contribution is 0.0240. The van der Waals surface area contributed by atoms with Gasteiger partial charge in [-0.2, -0.15) is 10.2 Å². The second-order valence-electron chi connectivity index (χ2n) is 9.03. The lowest BCUT2D eigenvalue weighted by Crippen LogP contribution is -2.50. The van der Waals surface area contributed by atoms with Crippen LogP contribution in [0.1, 0.15) is 55.6 Å². The Morgan fingerprint density at radius 1 is 0.912 bits per heavy atom. The van der Waals surface area contributed by atoms with Crippen LogP contribution in [-0.2, 0) is 18.8 Å². The summed E-state index contributed by atoms with van der Waals surface area (Å²) in [4.78, 5) is 38.2. The molecule has 3 rings (SSSR count). The van der Waals surface area contributed by atoms with Gasteiger partial charge in [-0.3, -0.25) is 19.0 Å². The predicted octanol–water partition coefficient (Wildman–Crippen LogP) is -0.0177. The number of nitrogens with zero attached hydrogens (tertiary/aromatic N) is 6. The normalized spacial score (nSPS) is 13.8. The molecule has 1 saturated heterocycles. The fourth-order valence-corrected chi connectivity index (χ4v) is 3.33. The van der Waals surface area contributed by atoms with Gasteiger partial charge in [-0.1, -0.05) is 0 Å². The maximum Gasteiger partial charge on any atom is 0.510 e. The summed E-state index contributed by atoms with van der Waals surface area (Å²) in [6.07, 6.45) is -0.280. The highest BCUT2D eigenvalue weighted by atomic mass is 16.6. The van der Waals surface area contributed by atoms with Gasteiger partial charge < -0.3 is 24.6 Å². The molecule has 2 aromatic rings. The fraction of sp³-hybridized carbons (Fsp3) is 0.571. The lowest BCUT2D eigenvalue weighted by atomic mass is 9.86. The molecule has 0 saturated carbocycles. The molecule has 2 N–H and O–H groups in total. The number of Topliss-reactive ketones (excluding diaryl/α,β-unsaturated/α-hetero) is 2. The van der Waals surface area contributed by atoms with E-state index in [-0.39, 0.29) is 23.3 Å². The second kappa shape index (κ2) is 10.8. The average molecular weight is 476 g/mol. The Morgan fingerprint density at radius 2 is 1.41 bits per heavy atom. The maximum absolute atomic E-state index is 12.0. The highest BCUT2D eigenvalue weighted by molar-refractivity contribution is 6.57. The zero-order valence-corrected chi connectivity index (χ0v) is 20.8. The maximum atomic E-state index is 12.0. The van der Waals surface area contributed by atoms with E-state index in [1.165, 1.54) is 24.6 Å². The molecule has 2 aromatic heterocycles. The second-order valence-corrected chi connectivity index (χ2v) is 9.03. The first-order valence-corrected chi connectivity index (χ1v) is 10.9. The van der Waals surface area contributed by atoms with Crippen LogP contribution in [0.25, 0.3) is 0 Å². The zero-order chi connectivity index (χ0) is 25.8. The van der Waals surface area contributed by atoms with Crippen molar-refractivity contribution in [2.24, 2.45) is 14.1 Å². The van der Waals surface area contributed by atoms with Crippen LogP contribution in [0.5, 0.6) is 0 Å². The summed E-state index contributed by atoms with van der Waals surface area (Å²) in [5.41, 5.74) is 0.552. The Labute approximate surface area is 199 Å². The van der Waals surface area contributed by atoms with Crippen LogP contribution in [0, 0.1) is 0 Å². The van der Waals surface area contributed by atoms with E-state index in [9.17, 15) is 14.4 Å². The molecule has 0 atom stereocenters. The standard InChI is InChI=1S/C15H24N4O3.C6H9BN2O3/c1-11(20)12-10-13(16-17(12)5)18-6-8-19(9-7-18)14(21)22-15(2,3)4;1-4(10)5-3-6(7(11)12)8-9(5)2/h10H,6-9H2,1-5H3;3,11-12H,1-2H3. The van der Waals surface area contributed by atoms with E-state index in [4.69, 9.17) is 14.8 Å². The summed E-state index contributed by atoms with van der Waals surface area (Å²) in [6, 6.07) is 3.15. The minimum atomic E-state index is -1.62. The van der Waals surface area contributed by atoms with Gasteiger partial charge in [0.25, 0.3) is 0 Å². The molecule has 0 radical (unpaired) electrons. The van der Waals surface area contributed by atoms with Crippen molar-refractivity contribution in [1.29, 1.82) is 0 Å². The number of aryl methyl sites for hydroxylation is 2. The van der Waals surface area contributed by atoms with Crippen molar-refractivity contribution >= 4 is 36.2 Å². The molecule has 0 spiro atoms. The highest BCUT2D eigenvalue weighted by Gasteiger charge is 2.27. The lowest BCUT2D eigenvalue weighted by Gasteiger charge is -2.35. The first-order valence-electron chi connectivity index (χ1n) is 10.9. The van der Waals surface area contributed by atoms with Crippen LogP contribution in [0.15, 0.2) is 12.1 Å². The van der Waals surface area contributed by atoms with Crippen molar-refractivity contribution in [3.8, 4) is 0 Å². The van der Waals surface area contributed by atoms with Crippen molar-refractivity contribution in [1.82, 2.24) is 24.5 Å². The van der Waals surface area contributed by atoms with Gasteiger partial charge in [-0.15, -0.1) is 0 Å². The molecule has 0 unspecified atom stereocenters. The zero-order valence-electron chi connectivity index (χ0n) is 20.8. The average Bonchev–Trinajstić information content (AvgIpc) is 3.30. The van der Waals surface area contributed by atoms with Gasteiger partial charge in [0.2, 0.25) is 0 Å². The summed E-state index contributed by atoms with van der Waals surface area (Å²) in [5, 5.41) is 25.5. The Balaban J connectivity index is 0.000000287. The van der Waals surface area contributed by atoms with Gasteiger partial charge in [-0.25, -0.2) is 4.79 Å². The molecule has 0 bridgehead atoms. The van der Waals surface area contributed by atoms with E-state index in [0.717, 1.165) is 5.82 Å². The number of hydrogen-bond donors (Lipinski definition) is 2. The van der Waals surface area contributed by atoms with Crippen LogP contribution < -0.4 is 10.5 Å². The first-order chi connectivity index (χ1) is 15.7. The van der Waals surface area contributed by atoms with E-state index in [2.05, 4.69) is 15.1 Å². The topological polar surface area (TPSA) is 143 Å². The Hall–Kier alpha value is -3.19. The Bertz CT molecular complexity index is 1030. The molecule has 1 aliphatic rings. The van der Waals surface area contributed by atoms with Crippen molar-refractivity contribution in [2.45, 2.75) is 40.2 Å². The number of anilines is 1. The number of hydrogen-bond acceptors (Lipinski definition) is 9. The van der Waals surface area contributed by atoms with E-state index in [1.54, 1.807) is 29.7 Å². The Kier molecular flexibility index (Phi) is 8.62. The summed E-state index contributed by atoms with van der Waals surface area (Å²) in [7, 11) is 1.71. The van der Waals surface area contributed by atoms with Crippen LogP contribution in [0.4, 0.5) is 10.6 Å². The molecule has 34 heavy (non-hydrogen) atoms. The Morgan fingerprint density at radius 3 is 1.79 bits per heavy atom. The van der Waals surface area contributed by atoms with Gasteiger partial charge in [0, 0.05) is 60.2 Å². The number of aromatic nitrogens is 4. The molecule has 3 heterocycles. The van der Waals surface area contributed by atoms with E-state index < -0.39 is 12.7 Å². The van der Waals surface area contributed by atoms with Crippen LogP contribution >= 0.6 is 0 Å². The smallest absolute Gasteiger partial charge is 0.444 e. The van der Waals surface area contributed by atoms with Gasteiger partial charge in [0.1, 0.15) is 17.0 Å². The van der Waals surface area contributed by atoms with Crippen molar-refractivity contribution in [3.63, 3.8) is 0 Å². The van der Waals surface area contributed by atoms with Crippen LogP contribution in [-0.4, -0.2) is 91.1 Å². The fourth-order valence-electron chi connectivity index (χ4n) is 3.33. The number of rotatable bonds is 4. The summed E-state index contributed by atoms with van der Waals surface area (Å²) >= 11 is 0. The molecule has 0 aliphatic carbocycles. The van der Waals surface area contributed by atoms with Gasteiger partial charge >= 0.3 is 13.2 Å². The molecule has 13 heteroatoms. The number of piperazine rings is 1. The molecular formula is C21H33BN6O6. The van der Waals surface area contributed by atoms with Crippen molar-refractivity contribution in [2.75, 3.05) is 31.1 Å². The minimum absolute atomic E-state index is 0.00589. The van der Waals surface area contributed by atoms with E-state index in [0.29, 0.717) is 37.6 Å². The molecule has 12 nitrogen and oxygen atoms in total. The highest BCUT2D eigenvalue weighted by Crippen LogP contribution is 2.18.